The lowest BCUT2D eigenvalue weighted by atomic mass is 10.1. The summed E-state index contributed by atoms with van der Waals surface area (Å²) in [6.07, 6.45) is 5.90. The number of benzene rings is 1. The van der Waals surface area contributed by atoms with Gasteiger partial charge >= 0.3 is 0 Å². The van der Waals surface area contributed by atoms with Crippen LogP contribution in [-0.4, -0.2) is 16.9 Å². The molecule has 1 heterocycles. The van der Waals surface area contributed by atoms with Gasteiger partial charge < -0.3 is 10.3 Å². The largest absolute Gasteiger partial charge is 0.361 e. The third kappa shape index (κ3) is 3.47. The van der Waals surface area contributed by atoms with Crippen LogP contribution in [0, 0.1) is 0 Å². The van der Waals surface area contributed by atoms with Crippen molar-refractivity contribution >= 4 is 16.8 Å². The first-order valence-electron chi connectivity index (χ1n) is 6.66. The number of hydrogen-bond donors (Lipinski definition) is 2. The SMILES string of the molecule is C=CC[C@@H](C)NC(=O)CCc1c[nH]c2ccccc12. The Morgan fingerprint density at radius 3 is 3.05 bits per heavy atom. The summed E-state index contributed by atoms with van der Waals surface area (Å²) in [5.74, 6) is 0.0969. The van der Waals surface area contributed by atoms with E-state index >= 15 is 0 Å². The maximum Gasteiger partial charge on any atom is 0.220 e. The van der Waals surface area contributed by atoms with E-state index in [9.17, 15) is 4.79 Å². The highest BCUT2D eigenvalue weighted by atomic mass is 16.1. The molecule has 1 aromatic heterocycles. The molecule has 0 aliphatic rings. The topological polar surface area (TPSA) is 44.9 Å². The molecule has 100 valence electrons. The van der Waals surface area contributed by atoms with E-state index in [-0.39, 0.29) is 11.9 Å². The van der Waals surface area contributed by atoms with Gasteiger partial charge in [-0.25, -0.2) is 0 Å². The number of carbonyl (C=O) groups is 1. The molecule has 0 saturated heterocycles. The lowest BCUT2D eigenvalue weighted by Crippen LogP contribution is -2.32. The van der Waals surface area contributed by atoms with E-state index in [0.717, 1.165) is 18.4 Å². The quantitative estimate of drug-likeness (QED) is 0.766. The molecule has 0 radical (unpaired) electrons. The van der Waals surface area contributed by atoms with Crippen molar-refractivity contribution in [1.29, 1.82) is 0 Å². The number of fused-ring (bicyclic) bond motifs is 1. The van der Waals surface area contributed by atoms with Crippen LogP contribution in [0.2, 0.25) is 0 Å². The van der Waals surface area contributed by atoms with Crippen LogP contribution in [0.25, 0.3) is 10.9 Å². The number of hydrogen-bond acceptors (Lipinski definition) is 1. The van der Waals surface area contributed by atoms with E-state index < -0.39 is 0 Å². The summed E-state index contributed by atoms with van der Waals surface area (Å²) < 4.78 is 0. The average molecular weight is 256 g/mol. The number of H-pyrrole nitrogens is 1. The molecule has 0 fully saturated rings. The highest BCUT2D eigenvalue weighted by Gasteiger charge is 2.08. The van der Waals surface area contributed by atoms with Crippen LogP contribution in [-0.2, 0) is 11.2 Å². The molecule has 0 unspecified atom stereocenters. The van der Waals surface area contributed by atoms with Gasteiger partial charge in [-0.15, -0.1) is 6.58 Å². The summed E-state index contributed by atoms with van der Waals surface area (Å²) in [4.78, 5) is 15.0. The molecule has 0 spiro atoms. The van der Waals surface area contributed by atoms with Crippen LogP contribution in [0.3, 0.4) is 0 Å². The van der Waals surface area contributed by atoms with Crippen molar-refractivity contribution in [2.75, 3.05) is 0 Å². The van der Waals surface area contributed by atoms with Crippen LogP contribution in [0.4, 0.5) is 0 Å². The van der Waals surface area contributed by atoms with Gasteiger partial charge in [-0.2, -0.15) is 0 Å². The number of carbonyl (C=O) groups excluding carboxylic acids is 1. The third-order valence-corrected chi connectivity index (χ3v) is 3.22. The molecule has 2 N–H and O–H groups in total. The van der Waals surface area contributed by atoms with Crippen molar-refractivity contribution < 1.29 is 4.79 Å². The van der Waals surface area contributed by atoms with Gasteiger partial charge in [-0.3, -0.25) is 4.79 Å². The van der Waals surface area contributed by atoms with Gasteiger partial charge in [0.1, 0.15) is 0 Å². The Kier molecular flexibility index (Phi) is 4.39. The van der Waals surface area contributed by atoms with E-state index in [1.165, 1.54) is 10.9 Å². The molecule has 2 rings (SSSR count). The van der Waals surface area contributed by atoms with E-state index in [1.54, 1.807) is 0 Å². The zero-order chi connectivity index (χ0) is 13.7. The summed E-state index contributed by atoms with van der Waals surface area (Å²) in [5, 5.41) is 4.17. The Labute approximate surface area is 113 Å². The Morgan fingerprint density at radius 1 is 1.47 bits per heavy atom. The first kappa shape index (κ1) is 13.4. The van der Waals surface area contributed by atoms with Crippen LogP contribution >= 0.6 is 0 Å². The molecule has 0 aliphatic carbocycles. The summed E-state index contributed by atoms with van der Waals surface area (Å²) in [7, 11) is 0. The van der Waals surface area contributed by atoms with Gasteiger partial charge in [0.25, 0.3) is 0 Å². The predicted molar refractivity (Wildman–Crippen MR) is 79.0 cm³/mol. The maximum absolute atomic E-state index is 11.8. The van der Waals surface area contributed by atoms with Crippen molar-refractivity contribution in [3.05, 3.63) is 48.7 Å². The second kappa shape index (κ2) is 6.23. The van der Waals surface area contributed by atoms with E-state index in [0.29, 0.717) is 6.42 Å². The van der Waals surface area contributed by atoms with Crippen molar-refractivity contribution in [2.45, 2.75) is 32.2 Å². The van der Waals surface area contributed by atoms with E-state index in [4.69, 9.17) is 0 Å². The minimum Gasteiger partial charge on any atom is -0.361 e. The van der Waals surface area contributed by atoms with Crippen LogP contribution in [0.1, 0.15) is 25.3 Å². The lowest BCUT2D eigenvalue weighted by molar-refractivity contribution is -0.121. The Bertz CT molecular complexity index is 571. The molecule has 2 aromatic rings. The second-order valence-corrected chi connectivity index (χ2v) is 4.85. The van der Waals surface area contributed by atoms with Crippen LogP contribution < -0.4 is 5.32 Å². The Balaban J connectivity index is 1.92. The number of amides is 1. The van der Waals surface area contributed by atoms with Gasteiger partial charge in [-0.1, -0.05) is 24.3 Å². The summed E-state index contributed by atoms with van der Waals surface area (Å²) in [6, 6.07) is 8.32. The minimum absolute atomic E-state index is 0.0969. The Hall–Kier alpha value is -2.03. The first-order chi connectivity index (χ1) is 9.20. The molecule has 19 heavy (non-hydrogen) atoms. The van der Waals surface area contributed by atoms with Crippen molar-refractivity contribution in [3.63, 3.8) is 0 Å². The molecule has 0 aliphatic heterocycles. The van der Waals surface area contributed by atoms with Crippen LogP contribution in [0.5, 0.6) is 0 Å². The molecule has 0 bridgehead atoms. The maximum atomic E-state index is 11.8. The molecule has 3 heteroatoms. The zero-order valence-corrected chi connectivity index (χ0v) is 11.3. The third-order valence-electron chi connectivity index (χ3n) is 3.22. The monoisotopic (exact) mass is 256 g/mol. The number of aromatic nitrogens is 1. The molecule has 1 atom stereocenters. The zero-order valence-electron chi connectivity index (χ0n) is 11.3. The number of para-hydroxylation sites is 1. The fourth-order valence-electron chi connectivity index (χ4n) is 2.24. The average Bonchev–Trinajstić information content (AvgIpc) is 2.80. The smallest absolute Gasteiger partial charge is 0.220 e. The number of aromatic amines is 1. The fraction of sp³-hybridized carbons (Fsp3) is 0.312. The highest BCUT2D eigenvalue weighted by molar-refractivity contribution is 5.84. The molecule has 1 aromatic carbocycles. The molecule has 0 saturated carbocycles. The fourth-order valence-corrected chi connectivity index (χ4v) is 2.24. The molecular weight excluding hydrogens is 236 g/mol. The number of rotatable bonds is 6. The Morgan fingerprint density at radius 2 is 2.26 bits per heavy atom. The van der Waals surface area contributed by atoms with Crippen molar-refractivity contribution in [1.82, 2.24) is 10.3 Å². The predicted octanol–water partition coefficient (Wildman–Crippen LogP) is 3.18. The van der Waals surface area contributed by atoms with Gasteiger partial charge in [0, 0.05) is 29.6 Å². The summed E-state index contributed by atoms with van der Waals surface area (Å²) in [5.41, 5.74) is 2.32. The number of nitrogens with one attached hydrogen (secondary N) is 2. The van der Waals surface area contributed by atoms with Crippen LogP contribution in [0.15, 0.2) is 43.1 Å². The molecular formula is C16H20N2O. The highest BCUT2D eigenvalue weighted by Crippen LogP contribution is 2.18. The number of aryl methyl sites for hydroxylation is 1. The van der Waals surface area contributed by atoms with E-state index in [2.05, 4.69) is 22.9 Å². The first-order valence-corrected chi connectivity index (χ1v) is 6.66. The summed E-state index contributed by atoms with van der Waals surface area (Å²) in [6.45, 7) is 5.66. The standard InChI is InChI=1S/C16H20N2O/c1-3-6-12(2)18-16(19)10-9-13-11-17-15-8-5-4-7-14(13)15/h3-5,7-8,11-12,17H,1,6,9-10H2,2H3,(H,18,19)/t12-/m1/s1. The van der Waals surface area contributed by atoms with Crippen molar-refractivity contribution in [2.24, 2.45) is 0 Å². The van der Waals surface area contributed by atoms with Gasteiger partial charge in [0.2, 0.25) is 5.91 Å². The minimum atomic E-state index is 0.0969. The van der Waals surface area contributed by atoms with Crippen molar-refractivity contribution in [3.8, 4) is 0 Å². The van der Waals surface area contributed by atoms with E-state index in [1.807, 2.05) is 37.4 Å². The molecule has 1 amide bonds. The normalized spacial score (nSPS) is 12.3. The summed E-state index contributed by atoms with van der Waals surface area (Å²) >= 11 is 0. The van der Waals surface area contributed by atoms with Gasteiger partial charge in [0.15, 0.2) is 0 Å². The molecule has 3 nitrogen and oxygen atoms in total. The second-order valence-electron chi connectivity index (χ2n) is 4.85. The lowest BCUT2D eigenvalue weighted by Gasteiger charge is -2.11. The van der Waals surface area contributed by atoms with Gasteiger partial charge in [-0.05, 0) is 31.4 Å². The van der Waals surface area contributed by atoms with Gasteiger partial charge in [0.05, 0.1) is 0 Å².